The highest BCUT2D eigenvalue weighted by atomic mass is 16.5. The fraction of sp³-hybridized carbons (Fsp3) is 0.353. The predicted molar refractivity (Wildman–Crippen MR) is 95.0 cm³/mol. The van der Waals surface area contributed by atoms with E-state index in [0.29, 0.717) is 0 Å². The summed E-state index contributed by atoms with van der Waals surface area (Å²) in [5, 5.41) is 26.4. The van der Waals surface area contributed by atoms with Crippen LogP contribution in [0.4, 0.5) is 4.79 Å². The van der Waals surface area contributed by atoms with Crippen molar-refractivity contribution < 1.29 is 29.1 Å². The number of hydrogen-bond donors (Lipinski definition) is 5. The highest BCUT2D eigenvalue weighted by Gasteiger charge is 2.21. The molecule has 0 bridgehead atoms. The second-order valence-corrected chi connectivity index (χ2v) is 5.99. The molecule has 11 nitrogen and oxygen atoms in total. The Kier molecular flexibility index (Phi) is 7.45. The van der Waals surface area contributed by atoms with Crippen LogP contribution in [0.5, 0.6) is 0 Å². The van der Waals surface area contributed by atoms with E-state index < -0.39 is 30.1 Å². The second kappa shape index (κ2) is 10.0. The Morgan fingerprint density at radius 2 is 1.89 bits per heavy atom. The molecule has 11 heteroatoms. The summed E-state index contributed by atoms with van der Waals surface area (Å²) in [7, 11) is 0. The van der Waals surface area contributed by atoms with E-state index in [2.05, 4.69) is 20.8 Å². The van der Waals surface area contributed by atoms with Gasteiger partial charge in [0.25, 0.3) is 0 Å². The van der Waals surface area contributed by atoms with Gasteiger partial charge in [-0.2, -0.15) is 4.98 Å². The number of carbonyl (C=O) groups is 3. The molecular formula is C17H21N5O6. The van der Waals surface area contributed by atoms with Gasteiger partial charge in [-0.25, -0.2) is 9.59 Å². The topological polar surface area (TPSA) is 181 Å². The number of amides is 2. The number of nitrogens with zero attached hydrogens (tertiary/aromatic N) is 2. The number of urea groups is 1. The van der Waals surface area contributed by atoms with Crippen molar-refractivity contribution in [2.45, 2.75) is 37.9 Å². The van der Waals surface area contributed by atoms with Crippen molar-refractivity contribution in [2.75, 3.05) is 0 Å². The molecule has 2 aromatic rings. The monoisotopic (exact) mass is 391 g/mol. The van der Waals surface area contributed by atoms with E-state index >= 15 is 0 Å². The van der Waals surface area contributed by atoms with Gasteiger partial charge in [0.15, 0.2) is 5.82 Å². The molecule has 0 aliphatic rings. The molecule has 1 heterocycles. The van der Waals surface area contributed by atoms with E-state index in [1.807, 2.05) is 6.07 Å². The maximum Gasteiger partial charge on any atom is 0.326 e. The van der Waals surface area contributed by atoms with E-state index in [1.165, 1.54) is 0 Å². The lowest BCUT2D eigenvalue weighted by Gasteiger charge is -2.14. The Labute approximate surface area is 159 Å². The van der Waals surface area contributed by atoms with Crippen molar-refractivity contribution in [1.82, 2.24) is 20.8 Å². The molecule has 0 aliphatic carbocycles. The molecule has 0 spiro atoms. The lowest BCUT2D eigenvalue weighted by atomic mass is 10.1. The number of nitrogens with one attached hydrogen (secondary N) is 2. The van der Waals surface area contributed by atoms with Crippen molar-refractivity contribution in [1.29, 1.82) is 0 Å². The molecule has 28 heavy (non-hydrogen) atoms. The Balaban J connectivity index is 1.84. The molecule has 0 aliphatic heterocycles. The van der Waals surface area contributed by atoms with E-state index in [4.69, 9.17) is 15.4 Å². The van der Waals surface area contributed by atoms with Gasteiger partial charge in [0.2, 0.25) is 5.89 Å². The third-order valence-corrected chi connectivity index (χ3v) is 3.77. The minimum atomic E-state index is -1.16. The standard InChI is InChI=1S/C17H21N5O6/c18-11(6-7-14(23)24)15-21-13(28-22-15)9-19-17(27)20-12(16(25)26)8-10-4-2-1-3-5-10/h1-5,11-12H,6-9,18H2,(H,23,24)(H,25,26)(H2,19,20,27). The molecule has 0 saturated carbocycles. The van der Waals surface area contributed by atoms with Crippen LogP contribution in [-0.2, 0) is 22.6 Å². The zero-order valence-corrected chi connectivity index (χ0v) is 14.9. The van der Waals surface area contributed by atoms with Crippen LogP contribution in [0.3, 0.4) is 0 Å². The van der Waals surface area contributed by atoms with Crippen LogP contribution in [0, 0.1) is 0 Å². The lowest BCUT2D eigenvalue weighted by Crippen LogP contribution is -2.46. The normalized spacial score (nSPS) is 12.8. The molecule has 0 fully saturated rings. The first-order valence-electron chi connectivity index (χ1n) is 8.46. The van der Waals surface area contributed by atoms with Crippen LogP contribution in [0.2, 0.25) is 0 Å². The summed E-state index contributed by atoms with van der Waals surface area (Å²) in [5.74, 6) is -1.96. The molecule has 0 radical (unpaired) electrons. The Bertz CT molecular complexity index is 809. The molecule has 2 unspecified atom stereocenters. The molecule has 0 saturated heterocycles. The molecule has 2 rings (SSSR count). The van der Waals surface area contributed by atoms with Gasteiger partial charge in [-0.3, -0.25) is 4.79 Å². The smallest absolute Gasteiger partial charge is 0.326 e. The van der Waals surface area contributed by atoms with Crippen LogP contribution in [0.25, 0.3) is 0 Å². The van der Waals surface area contributed by atoms with E-state index in [0.717, 1.165) is 5.56 Å². The van der Waals surface area contributed by atoms with Crippen LogP contribution in [-0.4, -0.2) is 44.4 Å². The summed E-state index contributed by atoms with van der Waals surface area (Å²) in [6.45, 7) is -0.137. The Morgan fingerprint density at radius 3 is 2.54 bits per heavy atom. The quantitative estimate of drug-likeness (QED) is 0.383. The van der Waals surface area contributed by atoms with E-state index in [9.17, 15) is 19.5 Å². The molecule has 150 valence electrons. The highest BCUT2D eigenvalue weighted by Crippen LogP contribution is 2.12. The molecule has 1 aromatic carbocycles. The van der Waals surface area contributed by atoms with Crippen LogP contribution >= 0.6 is 0 Å². The van der Waals surface area contributed by atoms with Gasteiger partial charge < -0.3 is 31.1 Å². The largest absolute Gasteiger partial charge is 0.481 e. The van der Waals surface area contributed by atoms with Crippen molar-refractivity contribution >= 4 is 18.0 Å². The third-order valence-electron chi connectivity index (χ3n) is 3.77. The van der Waals surface area contributed by atoms with Crippen LogP contribution in [0.15, 0.2) is 34.9 Å². The first-order valence-corrected chi connectivity index (χ1v) is 8.46. The average molecular weight is 391 g/mol. The molecule has 2 amide bonds. The van der Waals surface area contributed by atoms with Gasteiger partial charge in [-0.1, -0.05) is 35.5 Å². The minimum Gasteiger partial charge on any atom is -0.481 e. The number of benzene rings is 1. The minimum absolute atomic E-state index is 0.0610. The molecule has 6 N–H and O–H groups in total. The first kappa shape index (κ1) is 20.8. The van der Waals surface area contributed by atoms with Gasteiger partial charge in [-0.15, -0.1) is 0 Å². The van der Waals surface area contributed by atoms with E-state index in [1.54, 1.807) is 24.3 Å². The number of rotatable bonds is 10. The number of nitrogens with two attached hydrogens (primary N) is 1. The average Bonchev–Trinajstić information content (AvgIpc) is 3.14. The van der Waals surface area contributed by atoms with Crippen molar-refractivity contribution in [2.24, 2.45) is 5.73 Å². The Hall–Kier alpha value is -3.47. The Morgan fingerprint density at radius 1 is 1.18 bits per heavy atom. The van der Waals surface area contributed by atoms with Gasteiger partial charge >= 0.3 is 18.0 Å². The number of carboxylic acids is 2. The number of hydrogen-bond acceptors (Lipinski definition) is 7. The summed E-state index contributed by atoms with van der Waals surface area (Å²) in [5.41, 5.74) is 6.54. The summed E-state index contributed by atoms with van der Waals surface area (Å²) in [4.78, 5) is 37.9. The SMILES string of the molecule is NC(CCC(=O)O)c1noc(CNC(=O)NC(Cc2ccccc2)C(=O)O)n1. The van der Waals surface area contributed by atoms with Gasteiger partial charge in [0.05, 0.1) is 12.6 Å². The zero-order chi connectivity index (χ0) is 20.5. The van der Waals surface area contributed by atoms with Crippen molar-refractivity contribution in [3.8, 4) is 0 Å². The fourth-order valence-electron chi connectivity index (χ4n) is 2.31. The fourth-order valence-corrected chi connectivity index (χ4v) is 2.31. The van der Waals surface area contributed by atoms with Crippen LogP contribution < -0.4 is 16.4 Å². The summed E-state index contributed by atoms with van der Waals surface area (Å²) in [6.07, 6.45) is 0.137. The second-order valence-electron chi connectivity index (χ2n) is 5.99. The third kappa shape index (κ3) is 6.68. The van der Waals surface area contributed by atoms with Gasteiger partial charge in [0.1, 0.15) is 6.04 Å². The predicted octanol–water partition coefficient (Wildman–Crippen LogP) is 0.429. The number of aliphatic carboxylic acids is 2. The number of carbonyl (C=O) groups excluding carboxylic acids is 1. The maximum atomic E-state index is 12.0. The summed E-state index contributed by atoms with van der Waals surface area (Å²) < 4.78 is 4.94. The molecule has 1 aromatic heterocycles. The highest BCUT2D eigenvalue weighted by molar-refractivity contribution is 5.82. The molecule has 2 atom stereocenters. The molecular weight excluding hydrogens is 370 g/mol. The zero-order valence-electron chi connectivity index (χ0n) is 14.9. The maximum absolute atomic E-state index is 12.0. The number of carboxylic acid groups (broad SMARTS) is 2. The van der Waals surface area contributed by atoms with Gasteiger partial charge in [-0.05, 0) is 12.0 Å². The first-order chi connectivity index (χ1) is 13.3. The summed E-state index contributed by atoms with van der Waals surface area (Å²) in [6, 6.07) is 6.39. The van der Waals surface area contributed by atoms with E-state index in [-0.39, 0.29) is 37.5 Å². The summed E-state index contributed by atoms with van der Waals surface area (Å²) >= 11 is 0. The van der Waals surface area contributed by atoms with Crippen molar-refractivity contribution in [3.63, 3.8) is 0 Å². The van der Waals surface area contributed by atoms with Gasteiger partial charge in [0, 0.05) is 12.8 Å². The van der Waals surface area contributed by atoms with Crippen LogP contribution in [0.1, 0.15) is 36.2 Å². The van der Waals surface area contributed by atoms with Crippen molar-refractivity contribution in [3.05, 3.63) is 47.6 Å². The number of aromatic nitrogens is 2. The lowest BCUT2D eigenvalue weighted by molar-refractivity contribution is -0.139.